The average molecular weight is 303 g/mol. The van der Waals surface area contributed by atoms with Crippen LogP contribution in [0.15, 0.2) is 24.3 Å². The lowest BCUT2D eigenvalue weighted by atomic mass is 10.1. The lowest BCUT2D eigenvalue weighted by Gasteiger charge is -2.31. The molecule has 3 rings (SSSR count). The van der Waals surface area contributed by atoms with E-state index >= 15 is 0 Å². The molecule has 1 aromatic carbocycles. The largest absolute Gasteiger partial charge is 0.490 e. The highest BCUT2D eigenvalue weighted by Crippen LogP contribution is 2.30. The van der Waals surface area contributed by atoms with Gasteiger partial charge in [0.15, 0.2) is 0 Å². The molecule has 2 aliphatic heterocycles. The molecule has 0 aliphatic carbocycles. The molecule has 1 fully saturated rings. The van der Waals surface area contributed by atoms with E-state index in [0.717, 1.165) is 24.3 Å². The van der Waals surface area contributed by atoms with E-state index in [2.05, 4.69) is 10.6 Å². The van der Waals surface area contributed by atoms with Crippen LogP contribution in [-0.2, 0) is 9.59 Å². The van der Waals surface area contributed by atoms with Gasteiger partial charge < -0.3 is 20.3 Å². The monoisotopic (exact) mass is 303 g/mol. The fourth-order valence-electron chi connectivity index (χ4n) is 2.88. The van der Waals surface area contributed by atoms with Crippen molar-refractivity contribution in [2.75, 3.05) is 31.1 Å². The van der Waals surface area contributed by atoms with Gasteiger partial charge >= 0.3 is 0 Å². The molecule has 2 N–H and O–H groups in total. The van der Waals surface area contributed by atoms with Gasteiger partial charge in [-0.05, 0) is 31.4 Å². The number of nitrogens with one attached hydrogen (secondary N) is 2. The summed E-state index contributed by atoms with van der Waals surface area (Å²) in [6.07, 6.45) is 2.62. The minimum atomic E-state index is -0.411. The van der Waals surface area contributed by atoms with Crippen LogP contribution in [0.4, 0.5) is 5.69 Å². The van der Waals surface area contributed by atoms with Crippen LogP contribution in [-0.4, -0.2) is 44.1 Å². The number of para-hydroxylation sites is 2. The Labute approximate surface area is 129 Å². The predicted molar refractivity (Wildman–Crippen MR) is 82.9 cm³/mol. The number of carbonyl (C=O) groups is 2. The number of carbonyl (C=O) groups excluding carboxylic acids is 2. The minimum absolute atomic E-state index is 0.0757. The van der Waals surface area contributed by atoms with Crippen LogP contribution >= 0.6 is 0 Å². The van der Waals surface area contributed by atoms with Gasteiger partial charge in [-0.1, -0.05) is 12.1 Å². The summed E-state index contributed by atoms with van der Waals surface area (Å²) in [4.78, 5) is 26.1. The van der Waals surface area contributed by atoms with Crippen molar-refractivity contribution < 1.29 is 14.3 Å². The van der Waals surface area contributed by atoms with Gasteiger partial charge in [-0.2, -0.15) is 0 Å². The van der Waals surface area contributed by atoms with E-state index in [0.29, 0.717) is 26.1 Å². The molecule has 2 heterocycles. The quantitative estimate of drug-likeness (QED) is 0.861. The molecule has 0 aromatic heterocycles. The molecule has 22 heavy (non-hydrogen) atoms. The summed E-state index contributed by atoms with van der Waals surface area (Å²) >= 11 is 0. The van der Waals surface area contributed by atoms with E-state index in [9.17, 15) is 9.59 Å². The van der Waals surface area contributed by atoms with Crippen molar-refractivity contribution in [2.45, 2.75) is 25.3 Å². The lowest BCUT2D eigenvalue weighted by Crippen LogP contribution is -2.49. The molecule has 1 saturated heterocycles. The van der Waals surface area contributed by atoms with Crippen LogP contribution in [0.25, 0.3) is 0 Å². The highest BCUT2D eigenvalue weighted by atomic mass is 16.5. The zero-order valence-electron chi connectivity index (χ0n) is 12.5. The molecule has 0 bridgehead atoms. The van der Waals surface area contributed by atoms with E-state index in [1.807, 2.05) is 29.2 Å². The zero-order chi connectivity index (χ0) is 15.4. The smallest absolute Gasteiger partial charge is 0.242 e. The number of fused-ring (bicyclic) bond motifs is 1. The maximum atomic E-state index is 12.3. The van der Waals surface area contributed by atoms with Crippen LogP contribution in [0.1, 0.15) is 19.3 Å². The van der Waals surface area contributed by atoms with Crippen LogP contribution in [0, 0.1) is 0 Å². The third-order valence-electron chi connectivity index (χ3n) is 4.03. The van der Waals surface area contributed by atoms with E-state index in [1.54, 1.807) is 0 Å². The molecule has 0 radical (unpaired) electrons. The second kappa shape index (κ2) is 6.68. The summed E-state index contributed by atoms with van der Waals surface area (Å²) in [7, 11) is 0. The molecule has 118 valence electrons. The Bertz CT molecular complexity index is 561. The highest BCUT2D eigenvalue weighted by Gasteiger charge is 2.25. The summed E-state index contributed by atoms with van der Waals surface area (Å²) in [5.74, 6) is 0.598. The van der Waals surface area contributed by atoms with Crippen LogP contribution in [0.5, 0.6) is 5.75 Å². The molecule has 0 saturated carbocycles. The Kier molecular flexibility index (Phi) is 4.46. The Morgan fingerprint density at radius 1 is 1.36 bits per heavy atom. The molecule has 2 aliphatic rings. The van der Waals surface area contributed by atoms with Gasteiger partial charge in [0.1, 0.15) is 18.4 Å². The van der Waals surface area contributed by atoms with E-state index < -0.39 is 6.04 Å². The van der Waals surface area contributed by atoms with Gasteiger partial charge in [0, 0.05) is 6.54 Å². The van der Waals surface area contributed by atoms with Gasteiger partial charge in [0.25, 0.3) is 0 Å². The first kappa shape index (κ1) is 14.7. The topological polar surface area (TPSA) is 70.7 Å². The molecular formula is C16H21N3O3. The van der Waals surface area contributed by atoms with E-state index in [-0.39, 0.29) is 18.4 Å². The Hall–Kier alpha value is -2.24. The van der Waals surface area contributed by atoms with Crippen molar-refractivity contribution in [1.29, 1.82) is 0 Å². The SMILES string of the molecule is O=C(CN1CCOc2ccccc21)NC1CCCCNC1=O. The third-order valence-corrected chi connectivity index (χ3v) is 4.03. The Morgan fingerprint density at radius 2 is 2.23 bits per heavy atom. The molecule has 1 atom stereocenters. The number of ether oxygens (including phenoxy) is 1. The summed E-state index contributed by atoms with van der Waals surface area (Å²) in [5.41, 5.74) is 0.925. The first-order valence-corrected chi connectivity index (χ1v) is 7.78. The number of amides is 2. The Balaban J connectivity index is 1.61. The van der Waals surface area contributed by atoms with Crippen molar-refractivity contribution in [1.82, 2.24) is 10.6 Å². The second-order valence-electron chi connectivity index (χ2n) is 5.64. The second-order valence-corrected chi connectivity index (χ2v) is 5.64. The standard InChI is InChI=1S/C16H21N3O3/c20-15(18-12-5-3-4-8-17-16(12)21)11-19-9-10-22-14-7-2-1-6-13(14)19/h1-2,6-7,12H,3-5,8-11H2,(H,17,21)(H,18,20). The summed E-state index contributed by atoms with van der Waals surface area (Å²) in [6, 6.07) is 7.28. The van der Waals surface area contributed by atoms with E-state index in [4.69, 9.17) is 4.74 Å². The van der Waals surface area contributed by atoms with Crippen molar-refractivity contribution in [3.63, 3.8) is 0 Å². The maximum absolute atomic E-state index is 12.3. The fraction of sp³-hybridized carbons (Fsp3) is 0.500. The van der Waals surface area contributed by atoms with E-state index in [1.165, 1.54) is 0 Å². The van der Waals surface area contributed by atoms with Crippen LogP contribution < -0.4 is 20.3 Å². The van der Waals surface area contributed by atoms with Crippen LogP contribution in [0.3, 0.4) is 0 Å². The average Bonchev–Trinajstić information content (AvgIpc) is 2.73. The predicted octanol–water partition coefficient (Wildman–Crippen LogP) is 0.670. The van der Waals surface area contributed by atoms with Crippen molar-refractivity contribution >= 4 is 17.5 Å². The number of hydrogen-bond donors (Lipinski definition) is 2. The Morgan fingerprint density at radius 3 is 3.14 bits per heavy atom. The van der Waals surface area contributed by atoms with Gasteiger partial charge in [0.05, 0.1) is 18.8 Å². The fourth-order valence-corrected chi connectivity index (χ4v) is 2.88. The summed E-state index contributed by atoms with van der Waals surface area (Å²) in [6.45, 7) is 2.17. The molecule has 1 unspecified atom stereocenters. The number of rotatable bonds is 3. The number of anilines is 1. The van der Waals surface area contributed by atoms with Crippen molar-refractivity contribution in [3.8, 4) is 5.75 Å². The lowest BCUT2D eigenvalue weighted by molar-refractivity contribution is -0.128. The molecule has 6 nitrogen and oxygen atoms in total. The van der Waals surface area contributed by atoms with Gasteiger partial charge in [0.2, 0.25) is 11.8 Å². The minimum Gasteiger partial charge on any atom is -0.490 e. The van der Waals surface area contributed by atoms with Crippen molar-refractivity contribution in [2.24, 2.45) is 0 Å². The third kappa shape index (κ3) is 3.32. The highest BCUT2D eigenvalue weighted by molar-refractivity contribution is 5.89. The molecular weight excluding hydrogens is 282 g/mol. The zero-order valence-corrected chi connectivity index (χ0v) is 12.5. The molecule has 6 heteroatoms. The van der Waals surface area contributed by atoms with Crippen LogP contribution in [0.2, 0.25) is 0 Å². The van der Waals surface area contributed by atoms with Gasteiger partial charge in [-0.15, -0.1) is 0 Å². The molecule has 1 aromatic rings. The summed E-state index contributed by atoms with van der Waals surface area (Å²) in [5, 5.41) is 5.69. The maximum Gasteiger partial charge on any atom is 0.242 e. The van der Waals surface area contributed by atoms with Gasteiger partial charge in [-0.3, -0.25) is 9.59 Å². The molecule has 0 spiro atoms. The van der Waals surface area contributed by atoms with Gasteiger partial charge in [-0.25, -0.2) is 0 Å². The number of benzene rings is 1. The normalized spacial score (nSPS) is 21.2. The summed E-state index contributed by atoms with van der Waals surface area (Å²) < 4.78 is 5.58. The number of nitrogens with zero attached hydrogens (tertiary/aromatic N) is 1. The first-order valence-electron chi connectivity index (χ1n) is 7.78. The number of hydrogen-bond acceptors (Lipinski definition) is 4. The van der Waals surface area contributed by atoms with Crippen molar-refractivity contribution in [3.05, 3.63) is 24.3 Å². The molecule has 2 amide bonds. The first-order chi connectivity index (χ1) is 10.7.